The highest BCUT2D eigenvalue weighted by Crippen LogP contribution is 2.25. The van der Waals surface area contributed by atoms with Crippen molar-refractivity contribution in [2.45, 2.75) is 31.8 Å². The zero-order chi connectivity index (χ0) is 8.97. The van der Waals surface area contributed by atoms with Crippen molar-refractivity contribution in [1.82, 2.24) is 10.2 Å². The first-order valence-corrected chi connectivity index (χ1v) is 4.61. The second kappa shape index (κ2) is 4.44. The molecule has 0 saturated heterocycles. The van der Waals surface area contributed by atoms with Gasteiger partial charge in [0.1, 0.15) is 6.04 Å². The molecule has 0 bridgehead atoms. The summed E-state index contributed by atoms with van der Waals surface area (Å²) in [5.41, 5.74) is 0. The first kappa shape index (κ1) is 9.50. The van der Waals surface area contributed by atoms with E-state index in [-0.39, 0.29) is 6.04 Å². The summed E-state index contributed by atoms with van der Waals surface area (Å²) in [5, 5.41) is 11.9. The third kappa shape index (κ3) is 2.80. The quantitative estimate of drug-likeness (QED) is 0.651. The van der Waals surface area contributed by atoms with Crippen molar-refractivity contribution >= 4 is 0 Å². The van der Waals surface area contributed by atoms with E-state index >= 15 is 0 Å². The number of nitriles is 1. The minimum Gasteiger partial charge on any atom is -0.301 e. The summed E-state index contributed by atoms with van der Waals surface area (Å²) in [7, 11) is 2.10. The molecular formula is C9H17N3. The van der Waals surface area contributed by atoms with Crippen LogP contribution in [0.1, 0.15) is 19.8 Å². The van der Waals surface area contributed by atoms with Gasteiger partial charge in [0.05, 0.1) is 6.07 Å². The van der Waals surface area contributed by atoms with E-state index in [1.807, 2.05) is 6.92 Å². The summed E-state index contributed by atoms with van der Waals surface area (Å²) < 4.78 is 0. The molecule has 0 heterocycles. The molecule has 0 aliphatic heterocycles. The smallest absolute Gasteiger partial charge is 0.108 e. The molecule has 0 spiro atoms. The maximum Gasteiger partial charge on any atom is 0.108 e. The molecule has 0 aromatic carbocycles. The van der Waals surface area contributed by atoms with Gasteiger partial charge in [0, 0.05) is 12.6 Å². The molecule has 1 unspecified atom stereocenters. The molecule has 0 aromatic rings. The topological polar surface area (TPSA) is 39.1 Å². The van der Waals surface area contributed by atoms with E-state index in [0.717, 1.165) is 19.1 Å². The molecule has 3 nitrogen and oxygen atoms in total. The normalized spacial score (nSPS) is 19.2. The van der Waals surface area contributed by atoms with E-state index in [2.05, 4.69) is 23.3 Å². The van der Waals surface area contributed by atoms with Crippen LogP contribution in [0.15, 0.2) is 0 Å². The fraction of sp³-hybridized carbons (Fsp3) is 0.889. The lowest BCUT2D eigenvalue weighted by Gasteiger charge is -2.19. The third-order valence-corrected chi connectivity index (χ3v) is 2.25. The van der Waals surface area contributed by atoms with E-state index in [1.54, 1.807) is 0 Å². The molecule has 0 aromatic heterocycles. The van der Waals surface area contributed by atoms with Gasteiger partial charge in [-0.2, -0.15) is 5.26 Å². The van der Waals surface area contributed by atoms with Gasteiger partial charge < -0.3 is 10.2 Å². The molecule has 1 aliphatic carbocycles. The van der Waals surface area contributed by atoms with Gasteiger partial charge in [-0.05, 0) is 26.4 Å². The van der Waals surface area contributed by atoms with Crippen molar-refractivity contribution in [2.75, 3.05) is 20.1 Å². The lowest BCUT2D eigenvalue weighted by atomic mass is 10.3. The van der Waals surface area contributed by atoms with Gasteiger partial charge in [-0.3, -0.25) is 0 Å². The molecule has 1 N–H and O–H groups in total. The van der Waals surface area contributed by atoms with E-state index in [0.29, 0.717) is 0 Å². The van der Waals surface area contributed by atoms with E-state index in [4.69, 9.17) is 5.26 Å². The minimum absolute atomic E-state index is 0.000556. The largest absolute Gasteiger partial charge is 0.301 e. The zero-order valence-electron chi connectivity index (χ0n) is 7.88. The van der Waals surface area contributed by atoms with Crippen molar-refractivity contribution < 1.29 is 0 Å². The van der Waals surface area contributed by atoms with Crippen LogP contribution in [-0.4, -0.2) is 37.1 Å². The highest BCUT2D eigenvalue weighted by atomic mass is 15.2. The second-order valence-electron chi connectivity index (χ2n) is 3.41. The summed E-state index contributed by atoms with van der Waals surface area (Å²) in [6, 6.07) is 3.01. The first-order valence-electron chi connectivity index (χ1n) is 4.61. The standard InChI is InChI=1S/C9H17N3/c1-3-11-8(6-10)7-12(2)9-4-5-9/h8-9,11H,3-5,7H2,1-2H3. The molecule has 1 saturated carbocycles. The Morgan fingerprint density at radius 1 is 1.67 bits per heavy atom. The lowest BCUT2D eigenvalue weighted by Crippen LogP contribution is -2.39. The number of likely N-dealkylation sites (N-methyl/N-ethyl adjacent to an activating group) is 2. The van der Waals surface area contributed by atoms with Gasteiger partial charge in [0.25, 0.3) is 0 Å². The Bertz CT molecular complexity index is 169. The molecule has 1 rings (SSSR count). The van der Waals surface area contributed by atoms with E-state index in [1.165, 1.54) is 12.8 Å². The summed E-state index contributed by atoms with van der Waals surface area (Å²) in [4.78, 5) is 2.27. The SMILES string of the molecule is CCNC(C#N)CN(C)C1CC1. The van der Waals surface area contributed by atoms with Crippen molar-refractivity contribution in [3.05, 3.63) is 0 Å². The predicted molar refractivity (Wildman–Crippen MR) is 48.7 cm³/mol. The average Bonchev–Trinajstić information content (AvgIpc) is 2.85. The van der Waals surface area contributed by atoms with E-state index in [9.17, 15) is 0 Å². The van der Waals surface area contributed by atoms with Gasteiger partial charge in [0.15, 0.2) is 0 Å². The highest BCUT2D eigenvalue weighted by Gasteiger charge is 2.27. The van der Waals surface area contributed by atoms with Crippen LogP contribution in [0.2, 0.25) is 0 Å². The number of nitrogens with one attached hydrogen (secondary N) is 1. The first-order chi connectivity index (χ1) is 5.77. The number of nitrogens with zero attached hydrogens (tertiary/aromatic N) is 2. The van der Waals surface area contributed by atoms with Crippen molar-refractivity contribution in [2.24, 2.45) is 0 Å². The van der Waals surface area contributed by atoms with Crippen LogP contribution in [-0.2, 0) is 0 Å². The predicted octanol–water partition coefficient (Wildman–Crippen LogP) is 0.582. The summed E-state index contributed by atoms with van der Waals surface area (Å²) in [6.07, 6.45) is 2.61. The molecule has 12 heavy (non-hydrogen) atoms. The third-order valence-electron chi connectivity index (χ3n) is 2.25. The molecule has 3 heteroatoms. The molecule has 0 radical (unpaired) electrons. The number of hydrogen-bond acceptors (Lipinski definition) is 3. The van der Waals surface area contributed by atoms with Crippen LogP contribution in [0.4, 0.5) is 0 Å². The minimum atomic E-state index is 0.000556. The van der Waals surface area contributed by atoms with Gasteiger partial charge in [0.2, 0.25) is 0 Å². The van der Waals surface area contributed by atoms with Crippen LogP contribution in [0.3, 0.4) is 0 Å². The summed E-state index contributed by atoms with van der Waals surface area (Å²) >= 11 is 0. The summed E-state index contributed by atoms with van der Waals surface area (Å²) in [6.45, 7) is 3.76. The van der Waals surface area contributed by atoms with Crippen LogP contribution in [0.25, 0.3) is 0 Å². The van der Waals surface area contributed by atoms with Crippen molar-refractivity contribution in [1.29, 1.82) is 5.26 Å². The second-order valence-corrected chi connectivity index (χ2v) is 3.41. The van der Waals surface area contributed by atoms with Crippen molar-refractivity contribution in [3.63, 3.8) is 0 Å². The maximum absolute atomic E-state index is 8.77. The number of rotatable bonds is 5. The molecule has 0 amide bonds. The molecule has 1 aliphatic rings. The van der Waals surface area contributed by atoms with Crippen LogP contribution < -0.4 is 5.32 Å². The highest BCUT2D eigenvalue weighted by molar-refractivity contribution is 4.94. The fourth-order valence-corrected chi connectivity index (χ4v) is 1.35. The fourth-order valence-electron chi connectivity index (χ4n) is 1.35. The Morgan fingerprint density at radius 3 is 2.75 bits per heavy atom. The lowest BCUT2D eigenvalue weighted by molar-refractivity contribution is 0.303. The van der Waals surface area contributed by atoms with Gasteiger partial charge in [-0.15, -0.1) is 0 Å². The summed E-state index contributed by atoms with van der Waals surface area (Å²) in [5.74, 6) is 0. The van der Waals surface area contributed by atoms with Gasteiger partial charge >= 0.3 is 0 Å². The Balaban J connectivity index is 2.21. The van der Waals surface area contributed by atoms with E-state index < -0.39 is 0 Å². The van der Waals surface area contributed by atoms with Crippen LogP contribution >= 0.6 is 0 Å². The average molecular weight is 167 g/mol. The van der Waals surface area contributed by atoms with Crippen molar-refractivity contribution in [3.8, 4) is 6.07 Å². The molecule has 68 valence electrons. The Labute approximate surface area is 74.4 Å². The van der Waals surface area contributed by atoms with Crippen LogP contribution in [0, 0.1) is 11.3 Å². The van der Waals surface area contributed by atoms with Gasteiger partial charge in [-0.25, -0.2) is 0 Å². The maximum atomic E-state index is 8.77. The molecule has 1 atom stereocenters. The Morgan fingerprint density at radius 2 is 2.33 bits per heavy atom. The monoisotopic (exact) mass is 167 g/mol. The molecule has 1 fully saturated rings. The Kier molecular flexibility index (Phi) is 3.51. The molecular weight excluding hydrogens is 150 g/mol. The number of hydrogen-bond donors (Lipinski definition) is 1. The van der Waals surface area contributed by atoms with Gasteiger partial charge in [-0.1, -0.05) is 6.92 Å². The zero-order valence-corrected chi connectivity index (χ0v) is 7.88. The van der Waals surface area contributed by atoms with Crippen LogP contribution in [0.5, 0.6) is 0 Å². The Hall–Kier alpha value is -0.590.